The molecule has 30 heavy (non-hydrogen) atoms. The number of ether oxygens (including phenoxy) is 1. The summed E-state index contributed by atoms with van der Waals surface area (Å²) in [5, 5.41) is 7.39. The van der Waals surface area contributed by atoms with E-state index in [1.54, 1.807) is 0 Å². The van der Waals surface area contributed by atoms with Crippen LogP contribution in [0.1, 0.15) is 51.8 Å². The van der Waals surface area contributed by atoms with Crippen molar-refractivity contribution in [1.29, 1.82) is 0 Å². The lowest BCUT2D eigenvalue weighted by Crippen LogP contribution is -2.29. The van der Waals surface area contributed by atoms with Gasteiger partial charge in [0.1, 0.15) is 5.75 Å². The summed E-state index contributed by atoms with van der Waals surface area (Å²) in [6.45, 7) is 2.81. The molecule has 0 amide bonds. The highest BCUT2D eigenvalue weighted by atomic mass is 16.5. The molecule has 3 heterocycles. The Morgan fingerprint density at radius 2 is 1.70 bits per heavy atom. The lowest BCUT2D eigenvalue weighted by atomic mass is 9.84. The summed E-state index contributed by atoms with van der Waals surface area (Å²) in [5.41, 5.74) is 9.91. The number of nitrogens with one attached hydrogen (secondary N) is 2. The number of hydrogen-bond donors (Lipinski definition) is 2. The number of para-hydroxylation sites is 1. The lowest BCUT2D eigenvalue weighted by Gasteiger charge is -2.30. The first kappa shape index (κ1) is 18.0. The lowest BCUT2D eigenvalue weighted by molar-refractivity contribution is 0.288. The molecule has 2 unspecified atom stereocenters. The predicted octanol–water partition coefficient (Wildman–Crippen LogP) is 5.15. The monoisotopic (exact) mass is 396 g/mol. The Balaban J connectivity index is 1.24. The first-order valence-electron chi connectivity index (χ1n) is 11.3. The van der Waals surface area contributed by atoms with Gasteiger partial charge < -0.3 is 15.4 Å². The summed E-state index contributed by atoms with van der Waals surface area (Å²) in [5.74, 6) is 1.62. The van der Waals surface area contributed by atoms with E-state index in [0.717, 1.165) is 51.1 Å². The molecule has 0 aliphatic carbocycles. The van der Waals surface area contributed by atoms with E-state index in [9.17, 15) is 0 Å². The van der Waals surface area contributed by atoms with Gasteiger partial charge in [0.05, 0.1) is 6.61 Å². The number of hydrogen-bond acceptors (Lipinski definition) is 3. The standard InChI is InChI=1S/C27H28N2O/c1-2-6-25-19(4-1)14-24(17-28-25)18-7-8-22-16-29-26(15-23(22)12-18)20-9-10-27-21(13-20)5-3-11-30-27/h1-2,4,6-10,12-13,24,26,28-29H,3,5,11,14-17H2. The largest absolute Gasteiger partial charge is 0.493 e. The second-order valence-corrected chi connectivity index (χ2v) is 8.92. The zero-order valence-electron chi connectivity index (χ0n) is 17.3. The third kappa shape index (κ3) is 3.27. The molecular formula is C27H28N2O. The summed E-state index contributed by atoms with van der Waals surface area (Å²) in [7, 11) is 0. The highest BCUT2D eigenvalue weighted by molar-refractivity contribution is 5.55. The maximum Gasteiger partial charge on any atom is 0.122 e. The predicted molar refractivity (Wildman–Crippen MR) is 121 cm³/mol. The van der Waals surface area contributed by atoms with Crippen LogP contribution in [0.4, 0.5) is 5.69 Å². The van der Waals surface area contributed by atoms with Crippen LogP contribution in [0.5, 0.6) is 5.75 Å². The fourth-order valence-electron chi connectivity index (χ4n) is 5.30. The Bertz CT molecular complexity index is 1090. The van der Waals surface area contributed by atoms with Crippen molar-refractivity contribution in [2.24, 2.45) is 0 Å². The van der Waals surface area contributed by atoms with Crippen LogP contribution < -0.4 is 15.4 Å². The summed E-state index contributed by atoms with van der Waals surface area (Å²) < 4.78 is 5.80. The Morgan fingerprint density at radius 1 is 0.800 bits per heavy atom. The van der Waals surface area contributed by atoms with E-state index in [4.69, 9.17) is 4.74 Å². The average molecular weight is 397 g/mol. The highest BCUT2D eigenvalue weighted by Gasteiger charge is 2.24. The molecule has 3 aromatic carbocycles. The van der Waals surface area contributed by atoms with Crippen LogP contribution >= 0.6 is 0 Å². The maximum atomic E-state index is 5.80. The number of fused-ring (bicyclic) bond motifs is 3. The van der Waals surface area contributed by atoms with Gasteiger partial charge in [0.25, 0.3) is 0 Å². The quantitative estimate of drug-likeness (QED) is 0.628. The maximum absolute atomic E-state index is 5.80. The summed E-state index contributed by atoms with van der Waals surface area (Å²) in [6.07, 6.45) is 4.43. The topological polar surface area (TPSA) is 33.3 Å². The number of rotatable bonds is 2. The minimum Gasteiger partial charge on any atom is -0.493 e. The average Bonchev–Trinajstić information content (AvgIpc) is 2.82. The van der Waals surface area contributed by atoms with E-state index in [2.05, 4.69) is 71.3 Å². The minimum absolute atomic E-state index is 0.380. The van der Waals surface area contributed by atoms with Gasteiger partial charge in [-0.05, 0) is 71.2 Å². The molecule has 3 heteroatoms. The molecule has 152 valence electrons. The van der Waals surface area contributed by atoms with Gasteiger partial charge in [-0.15, -0.1) is 0 Å². The van der Waals surface area contributed by atoms with Gasteiger partial charge >= 0.3 is 0 Å². The Kier molecular flexibility index (Phi) is 4.49. The highest BCUT2D eigenvalue weighted by Crippen LogP contribution is 2.35. The molecule has 0 saturated heterocycles. The minimum atomic E-state index is 0.380. The van der Waals surface area contributed by atoms with Crippen LogP contribution in [0, 0.1) is 0 Å². The first-order valence-corrected chi connectivity index (χ1v) is 11.3. The third-order valence-corrected chi connectivity index (χ3v) is 7.02. The second-order valence-electron chi connectivity index (χ2n) is 8.92. The Hall–Kier alpha value is -2.78. The SMILES string of the molecule is c1ccc2c(c1)CC(c1ccc3c(c1)CC(c1ccc4c(c1)CCCO4)NC3)CN2. The van der Waals surface area contributed by atoms with Gasteiger partial charge in [0.15, 0.2) is 0 Å². The zero-order chi connectivity index (χ0) is 19.9. The molecule has 0 saturated carbocycles. The van der Waals surface area contributed by atoms with Crippen LogP contribution in [0.3, 0.4) is 0 Å². The van der Waals surface area contributed by atoms with Gasteiger partial charge in [-0.3, -0.25) is 0 Å². The molecule has 0 radical (unpaired) electrons. The molecule has 3 aliphatic heterocycles. The smallest absolute Gasteiger partial charge is 0.122 e. The molecule has 2 atom stereocenters. The molecule has 3 aliphatic rings. The molecule has 0 fully saturated rings. The fourth-order valence-corrected chi connectivity index (χ4v) is 5.30. The second kappa shape index (κ2) is 7.48. The summed E-state index contributed by atoms with van der Waals surface area (Å²) >= 11 is 0. The van der Waals surface area contributed by atoms with Crippen LogP contribution in [0.2, 0.25) is 0 Å². The van der Waals surface area contributed by atoms with Crippen molar-refractivity contribution in [2.45, 2.75) is 44.2 Å². The van der Waals surface area contributed by atoms with E-state index in [1.165, 1.54) is 39.1 Å². The van der Waals surface area contributed by atoms with E-state index >= 15 is 0 Å². The first-order chi connectivity index (χ1) is 14.8. The van der Waals surface area contributed by atoms with Gasteiger partial charge in [0, 0.05) is 30.7 Å². The normalized spacial score (nSPS) is 22.1. The van der Waals surface area contributed by atoms with Crippen molar-refractivity contribution < 1.29 is 4.74 Å². The molecule has 2 N–H and O–H groups in total. The molecule has 3 aromatic rings. The van der Waals surface area contributed by atoms with Crippen LogP contribution in [-0.2, 0) is 25.8 Å². The van der Waals surface area contributed by atoms with Crippen molar-refractivity contribution in [1.82, 2.24) is 5.32 Å². The third-order valence-electron chi connectivity index (χ3n) is 7.02. The van der Waals surface area contributed by atoms with E-state index in [-0.39, 0.29) is 0 Å². The van der Waals surface area contributed by atoms with Gasteiger partial charge in [-0.1, -0.05) is 48.5 Å². The number of anilines is 1. The van der Waals surface area contributed by atoms with Crippen molar-refractivity contribution >= 4 is 5.69 Å². The molecule has 0 bridgehead atoms. The molecule has 0 spiro atoms. The van der Waals surface area contributed by atoms with Crippen LogP contribution in [0.25, 0.3) is 0 Å². The Labute approximate surface area is 178 Å². The molecular weight excluding hydrogens is 368 g/mol. The van der Waals surface area contributed by atoms with E-state index in [0.29, 0.717) is 12.0 Å². The zero-order valence-corrected chi connectivity index (χ0v) is 17.3. The Morgan fingerprint density at radius 3 is 2.70 bits per heavy atom. The fraction of sp³-hybridized carbons (Fsp3) is 0.333. The van der Waals surface area contributed by atoms with E-state index in [1.807, 2.05) is 0 Å². The van der Waals surface area contributed by atoms with Crippen molar-refractivity contribution in [3.05, 3.63) is 94.0 Å². The van der Waals surface area contributed by atoms with Gasteiger partial charge in [-0.2, -0.15) is 0 Å². The van der Waals surface area contributed by atoms with Crippen molar-refractivity contribution in [3.63, 3.8) is 0 Å². The number of aryl methyl sites for hydroxylation is 1. The summed E-state index contributed by atoms with van der Waals surface area (Å²) in [4.78, 5) is 0. The van der Waals surface area contributed by atoms with E-state index < -0.39 is 0 Å². The summed E-state index contributed by atoms with van der Waals surface area (Å²) in [6, 6.07) is 23.0. The van der Waals surface area contributed by atoms with Crippen LogP contribution in [-0.4, -0.2) is 13.2 Å². The molecule has 3 nitrogen and oxygen atoms in total. The van der Waals surface area contributed by atoms with Crippen molar-refractivity contribution in [2.75, 3.05) is 18.5 Å². The van der Waals surface area contributed by atoms with Gasteiger partial charge in [-0.25, -0.2) is 0 Å². The van der Waals surface area contributed by atoms with Gasteiger partial charge in [0.2, 0.25) is 0 Å². The molecule has 6 rings (SSSR count). The van der Waals surface area contributed by atoms with Crippen LogP contribution in [0.15, 0.2) is 60.7 Å². The number of benzene rings is 3. The van der Waals surface area contributed by atoms with Crippen molar-refractivity contribution in [3.8, 4) is 5.75 Å². The molecule has 0 aromatic heterocycles.